The molecule has 3 rings (SSSR count). The highest BCUT2D eigenvalue weighted by Crippen LogP contribution is 2.20. The number of amides is 1. The van der Waals surface area contributed by atoms with Gasteiger partial charge in [-0.05, 0) is 30.7 Å². The third kappa shape index (κ3) is 4.32. The minimum absolute atomic E-state index is 0.00824. The van der Waals surface area contributed by atoms with Crippen LogP contribution in [0.5, 0.6) is 5.75 Å². The second kappa shape index (κ2) is 7.92. The maximum Gasteiger partial charge on any atom is 0.227 e. The van der Waals surface area contributed by atoms with Gasteiger partial charge in [-0.3, -0.25) is 4.79 Å². The molecule has 1 atom stereocenters. The van der Waals surface area contributed by atoms with Crippen LogP contribution in [0.4, 0.5) is 0 Å². The van der Waals surface area contributed by atoms with Gasteiger partial charge in [-0.1, -0.05) is 5.16 Å². The molecule has 0 radical (unpaired) electrons. The van der Waals surface area contributed by atoms with Crippen LogP contribution < -0.4 is 10.1 Å². The third-order valence-electron chi connectivity index (χ3n) is 3.99. The Hall–Kier alpha value is -2.41. The standard InChI is InChI=1S/C17H21N3O4/c1-22-14-4-2-13(3-5-14)17-19-16(24-20-17)7-6-15(21)18-10-12-8-9-23-11-12/h2-5,12H,6-11H2,1H3,(H,18,21). The molecule has 0 spiro atoms. The Morgan fingerprint density at radius 1 is 1.38 bits per heavy atom. The first kappa shape index (κ1) is 16.4. The fraction of sp³-hybridized carbons (Fsp3) is 0.471. The molecule has 2 aromatic rings. The second-order valence-electron chi connectivity index (χ2n) is 5.77. The lowest BCUT2D eigenvalue weighted by Crippen LogP contribution is -2.29. The summed E-state index contributed by atoms with van der Waals surface area (Å²) in [6.45, 7) is 2.19. The molecule has 0 aliphatic carbocycles. The van der Waals surface area contributed by atoms with Gasteiger partial charge >= 0.3 is 0 Å². The summed E-state index contributed by atoms with van der Waals surface area (Å²) < 4.78 is 15.6. The number of benzene rings is 1. The van der Waals surface area contributed by atoms with E-state index < -0.39 is 0 Å². The van der Waals surface area contributed by atoms with Gasteiger partial charge in [0.25, 0.3) is 0 Å². The van der Waals surface area contributed by atoms with E-state index in [9.17, 15) is 4.79 Å². The molecule has 7 heteroatoms. The van der Waals surface area contributed by atoms with Crippen LogP contribution in [0.15, 0.2) is 28.8 Å². The lowest BCUT2D eigenvalue weighted by atomic mass is 10.1. The van der Waals surface area contributed by atoms with Crippen molar-refractivity contribution in [3.8, 4) is 17.1 Å². The zero-order valence-corrected chi connectivity index (χ0v) is 13.7. The summed E-state index contributed by atoms with van der Waals surface area (Å²) >= 11 is 0. The van der Waals surface area contributed by atoms with Gasteiger partial charge in [0.1, 0.15) is 5.75 Å². The summed E-state index contributed by atoms with van der Waals surface area (Å²) in [7, 11) is 1.62. The number of carbonyl (C=O) groups excluding carboxylic acids is 1. The molecule has 0 saturated carbocycles. The van der Waals surface area contributed by atoms with Crippen molar-refractivity contribution >= 4 is 5.91 Å². The van der Waals surface area contributed by atoms with Gasteiger partial charge in [-0.2, -0.15) is 4.98 Å². The van der Waals surface area contributed by atoms with E-state index >= 15 is 0 Å². The lowest BCUT2D eigenvalue weighted by molar-refractivity contribution is -0.121. The molecule has 2 heterocycles. The average molecular weight is 331 g/mol. The maximum absolute atomic E-state index is 11.9. The molecule has 24 heavy (non-hydrogen) atoms. The molecule has 0 bridgehead atoms. The van der Waals surface area contributed by atoms with Gasteiger partial charge in [0.05, 0.1) is 13.7 Å². The number of hydrogen-bond donors (Lipinski definition) is 1. The minimum Gasteiger partial charge on any atom is -0.497 e. The molecule has 1 aliphatic heterocycles. The number of hydrogen-bond acceptors (Lipinski definition) is 6. The summed E-state index contributed by atoms with van der Waals surface area (Å²) in [5.74, 6) is 2.16. The predicted octanol–water partition coefficient (Wildman–Crippen LogP) is 1.83. The van der Waals surface area contributed by atoms with Crippen LogP contribution in [0.2, 0.25) is 0 Å². The molecule has 1 amide bonds. The second-order valence-corrected chi connectivity index (χ2v) is 5.77. The Labute approximate surface area is 140 Å². The van der Waals surface area contributed by atoms with Gasteiger partial charge < -0.3 is 19.3 Å². The van der Waals surface area contributed by atoms with E-state index in [2.05, 4.69) is 15.5 Å². The van der Waals surface area contributed by atoms with Crippen molar-refractivity contribution in [3.63, 3.8) is 0 Å². The first-order valence-corrected chi connectivity index (χ1v) is 8.06. The van der Waals surface area contributed by atoms with Crippen molar-refractivity contribution in [2.24, 2.45) is 5.92 Å². The van der Waals surface area contributed by atoms with Gasteiger partial charge in [0.15, 0.2) is 0 Å². The Balaban J connectivity index is 1.47. The first-order valence-electron chi connectivity index (χ1n) is 8.06. The summed E-state index contributed by atoms with van der Waals surface area (Å²) in [4.78, 5) is 16.2. The number of carbonyl (C=O) groups is 1. The van der Waals surface area contributed by atoms with Crippen LogP contribution in [-0.2, 0) is 16.0 Å². The molecular weight excluding hydrogens is 310 g/mol. The van der Waals surface area contributed by atoms with Crippen molar-refractivity contribution < 1.29 is 18.8 Å². The molecule has 1 saturated heterocycles. The Bertz CT molecular complexity index is 663. The highest BCUT2D eigenvalue weighted by molar-refractivity contribution is 5.76. The normalized spacial score (nSPS) is 17.0. The van der Waals surface area contributed by atoms with E-state index in [1.807, 2.05) is 24.3 Å². The average Bonchev–Trinajstić information content (AvgIpc) is 3.30. The molecule has 7 nitrogen and oxygen atoms in total. The lowest BCUT2D eigenvalue weighted by Gasteiger charge is -2.08. The fourth-order valence-electron chi connectivity index (χ4n) is 2.53. The number of rotatable bonds is 7. The van der Waals surface area contributed by atoms with Gasteiger partial charge in [0.2, 0.25) is 17.6 Å². The molecular formula is C17H21N3O4. The molecule has 1 aromatic carbocycles. The Kier molecular flexibility index (Phi) is 5.43. The van der Waals surface area contributed by atoms with Crippen molar-refractivity contribution in [3.05, 3.63) is 30.2 Å². The van der Waals surface area contributed by atoms with E-state index in [-0.39, 0.29) is 5.91 Å². The smallest absolute Gasteiger partial charge is 0.227 e. The van der Waals surface area contributed by atoms with Crippen molar-refractivity contribution in [2.75, 3.05) is 26.9 Å². The molecule has 1 unspecified atom stereocenters. The Morgan fingerprint density at radius 2 is 2.21 bits per heavy atom. The quantitative estimate of drug-likeness (QED) is 0.833. The zero-order chi connectivity index (χ0) is 16.8. The number of methoxy groups -OCH3 is 1. The molecule has 1 fully saturated rings. The van der Waals surface area contributed by atoms with E-state index in [1.165, 1.54) is 0 Å². The minimum atomic E-state index is -0.00824. The van der Waals surface area contributed by atoms with E-state index in [4.69, 9.17) is 14.0 Å². The number of aryl methyl sites for hydroxylation is 1. The molecule has 1 N–H and O–H groups in total. The monoisotopic (exact) mass is 331 g/mol. The number of ether oxygens (including phenoxy) is 2. The molecule has 128 valence electrons. The predicted molar refractivity (Wildman–Crippen MR) is 86.5 cm³/mol. The molecule has 1 aromatic heterocycles. The van der Waals surface area contributed by atoms with Gasteiger partial charge in [-0.15, -0.1) is 0 Å². The van der Waals surface area contributed by atoms with E-state index in [0.29, 0.717) is 37.0 Å². The maximum atomic E-state index is 11.9. The Morgan fingerprint density at radius 3 is 2.92 bits per heavy atom. The topological polar surface area (TPSA) is 86.5 Å². The number of aromatic nitrogens is 2. The van der Waals surface area contributed by atoms with E-state index in [1.54, 1.807) is 7.11 Å². The number of nitrogens with one attached hydrogen (secondary N) is 1. The fourth-order valence-corrected chi connectivity index (χ4v) is 2.53. The highest BCUT2D eigenvalue weighted by atomic mass is 16.5. The zero-order valence-electron chi connectivity index (χ0n) is 13.7. The van der Waals surface area contributed by atoms with Crippen LogP contribution in [-0.4, -0.2) is 42.9 Å². The van der Waals surface area contributed by atoms with Gasteiger partial charge in [0, 0.05) is 37.5 Å². The van der Waals surface area contributed by atoms with Gasteiger partial charge in [-0.25, -0.2) is 0 Å². The summed E-state index contributed by atoms with van der Waals surface area (Å²) in [6, 6.07) is 7.41. The van der Waals surface area contributed by atoms with Crippen molar-refractivity contribution in [1.82, 2.24) is 15.5 Å². The molecule has 1 aliphatic rings. The summed E-state index contributed by atoms with van der Waals surface area (Å²) in [5.41, 5.74) is 0.844. The largest absolute Gasteiger partial charge is 0.497 e. The van der Waals surface area contributed by atoms with Crippen LogP contribution in [0.1, 0.15) is 18.7 Å². The third-order valence-corrected chi connectivity index (χ3v) is 3.99. The van der Waals surface area contributed by atoms with Crippen LogP contribution in [0.25, 0.3) is 11.4 Å². The van der Waals surface area contributed by atoms with Crippen molar-refractivity contribution in [2.45, 2.75) is 19.3 Å². The van der Waals surface area contributed by atoms with Crippen LogP contribution in [0, 0.1) is 5.92 Å². The SMILES string of the molecule is COc1ccc(-c2noc(CCC(=O)NCC3CCOC3)n2)cc1. The first-order chi connectivity index (χ1) is 11.7. The highest BCUT2D eigenvalue weighted by Gasteiger charge is 2.16. The van der Waals surface area contributed by atoms with Crippen LogP contribution in [0.3, 0.4) is 0 Å². The summed E-state index contributed by atoms with van der Waals surface area (Å²) in [6.07, 6.45) is 1.77. The summed E-state index contributed by atoms with van der Waals surface area (Å²) in [5, 5.41) is 6.88. The van der Waals surface area contributed by atoms with E-state index in [0.717, 1.165) is 30.9 Å². The van der Waals surface area contributed by atoms with Crippen molar-refractivity contribution in [1.29, 1.82) is 0 Å². The number of nitrogens with zero attached hydrogens (tertiary/aromatic N) is 2. The van der Waals surface area contributed by atoms with Crippen LogP contribution >= 0.6 is 0 Å².